The van der Waals surface area contributed by atoms with E-state index in [1.165, 1.54) is 12.8 Å². The van der Waals surface area contributed by atoms with E-state index in [4.69, 9.17) is 9.47 Å². The summed E-state index contributed by atoms with van der Waals surface area (Å²) in [5.41, 5.74) is 0. The van der Waals surface area contributed by atoms with Crippen molar-refractivity contribution in [3.63, 3.8) is 0 Å². The van der Waals surface area contributed by atoms with E-state index in [2.05, 4.69) is 6.92 Å². The summed E-state index contributed by atoms with van der Waals surface area (Å²) in [5.74, 6) is 0.325. The Kier molecular flexibility index (Phi) is 6.22. The average molecular weight is 216 g/mol. The highest BCUT2D eigenvalue weighted by molar-refractivity contribution is 4.70. The van der Waals surface area contributed by atoms with Crippen LogP contribution in [-0.2, 0) is 9.47 Å². The summed E-state index contributed by atoms with van der Waals surface area (Å²) < 4.78 is 10.5. The first kappa shape index (κ1) is 12.9. The lowest BCUT2D eigenvalue weighted by molar-refractivity contribution is 0.0527. The molecule has 0 amide bonds. The zero-order valence-electron chi connectivity index (χ0n) is 9.95. The van der Waals surface area contributed by atoms with Crippen LogP contribution < -0.4 is 0 Å². The molecule has 1 aliphatic heterocycles. The van der Waals surface area contributed by atoms with Crippen molar-refractivity contribution in [2.24, 2.45) is 5.92 Å². The number of hydrogen-bond acceptors (Lipinski definition) is 3. The number of methoxy groups -OCH3 is 1. The summed E-state index contributed by atoms with van der Waals surface area (Å²) in [5, 5.41) is 9.89. The minimum Gasteiger partial charge on any atom is -0.393 e. The van der Waals surface area contributed by atoms with Crippen molar-refractivity contribution >= 4 is 0 Å². The van der Waals surface area contributed by atoms with Crippen LogP contribution in [0, 0.1) is 5.92 Å². The van der Waals surface area contributed by atoms with Gasteiger partial charge in [0.25, 0.3) is 0 Å². The van der Waals surface area contributed by atoms with Crippen molar-refractivity contribution in [1.29, 1.82) is 0 Å². The van der Waals surface area contributed by atoms with Gasteiger partial charge in [-0.15, -0.1) is 0 Å². The van der Waals surface area contributed by atoms with E-state index in [-0.39, 0.29) is 6.10 Å². The first-order valence-electron chi connectivity index (χ1n) is 6.02. The molecule has 1 N–H and O–H groups in total. The third kappa shape index (κ3) is 4.96. The van der Waals surface area contributed by atoms with Gasteiger partial charge in [0.2, 0.25) is 0 Å². The third-order valence-corrected chi connectivity index (χ3v) is 3.24. The number of ether oxygens (including phenoxy) is 2. The minimum absolute atomic E-state index is 0.204. The van der Waals surface area contributed by atoms with E-state index in [1.54, 1.807) is 7.11 Å². The predicted molar refractivity (Wildman–Crippen MR) is 59.9 cm³/mol. The van der Waals surface area contributed by atoms with Crippen molar-refractivity contribution in [1.82, 2.24) is 0 Å². The average Bonchev–Trinajstić information content (AvgIpc) is 2.75. The van der Waals surface area contributed by atoms with Crippen LogP contribution in [-0.4, -0.2) is 37.6 Å². The van der Waals surface area contributed by atoms with E-state index < -0.39 is 0 Å². The molecule has 3 nitrogen and oxygen atoms in total. The second-order valence-corrected chi connectivity index (χ2v) is 4.54. The Hall–Kier alpha value is -0.120. The van der Waals surface area contributed by atoms with Crippen molar-refractivity contribution in [3.8, 4) is 0 Å². The van der Waals surface area contributed by atoms with E-state index in [1.807, 2.05) is 0 Å². The van der Waals surface area contributed by atoms with Crippen LogP contribution in [0.4, 0.5) is 0 Å². The molecule has 0 saturated carbocycles. The topological polar surface area (TPSA) is 38.7 Å². The Balaban J connectivity index is 2.08. The number of rotatable bonds is 7. The molecule has 1 rings (SSSR count). The van der Waals surface area contributed by atoms with Crippen LogP contribution in [0.1, 0.15) is 39.0 Å². The van der Waals surface area contributed by atoms with E-state index in [9.17, 15) is 5.11 Å². The third-order valence-electron chi connectivity index (χ3n) is 3.24. The molecule has 1 fully saturated rings. The number of hydrogen-bond donors (Lipinski definition) is 1. The molecule has 3 atom stereocenters. The molecule has 0 aromatic carbocycles. The molecule has 90 valence electrons. The van der Waals surface area contributed by atoms with Gasteiger partial charge < -0.3 is 14.6 Å². The first-order valence-corrected chi connectivity index (χ1v) is 6.02. The smallest absolute Gasteiger partial charge is 0.0577 e. The van der Waals surface area contributed by atoms with Crippen LogP contribution in [0.5, 0.6) is 0 Å². The molecule has 1 saturated heterocycles. The Morgan fingerprint density at radius 1 is 1.47 bits per heavy atom. The maximum absolute atomic E-state index is 9.89. The highest BCUT2D eigenvalue weighted by Crippen LogP contribution is 2.20. The van der Waals surface area contributed by atoms with Crippen LogP contribution in [0.2, 0.25) is 0 Å². The molecule has 3 unspecified atom stereocenters. The van der Waals surface area contributed by atoms with Gasteiger partial charge >= 0.3 is 0 Å². The minimum atomic E-state index is -0.204. The van der Waals surface area contributed by atoms with Crippen molar-refractivity contribution < 1.29 is 14.6 Å². The number of aliphatic hydroxyl groups is 1. The molecule has 15 heavy (non-hydrogen) atoms. The highest BCUT2D eigenvalue weighted by atomic mass is 16.5. The lowest BCUT2D eigenvalue weighted by Gasteiger charge is -2.19. The highest BCUT2D eigenvalue weighted by Gasteiger charge is 2.19. The molecular weight excluding hydrogens is 192 g/mol. The van der Waals surface area contributed by atoms with E-state index in [0.717, 1.165) is 32.5 Å². The summed E-state index contributed by atoms with van der Waals surface area (Å²) in [4.78, 5) is 0. The fourth-order valence-corrected chi connectivity index (χ4v) is 2.01. The van der Waals surface area contributed by atoms with Gasteiger partial charge in [-0.1, -0.05) is 6.92 Å². The summed E-state index contributed by atoms with van der Waals surface area (Å²) in [6.45, 7) is 3.72. The fourth-order valence-electron chi connectivity index (χ4n) is 2.01. The summed E-state index contributed by atoms with van der Waals surface area (Å²) in [6, 6.07) is 0. The predicted octanol–water partition coefficient (Wildman–Crippen LogP) is 1.98. The quantitative estimate of drug-likeness (QED) is 0.707. The zero-order chi connectivity index (χ0) is 11.1. The van der Waals surface area contributed by atoms with Gasteiger partial charge in [-0.2, -0.15) is 0 Å². The molecule has 1 heterocycles. The monoisotopic (exact) mass is 216 g/mol. The summed E-state index contributed by atoms with van der Waals surface area (Å²) >= 11 is 0. The molecule has 1 aliphatic rings. The van der Waals surface area contributed by atoms with Gasteiger partial charge in [0, 0.05) is 20.3 Å². The molecular formula is C12H24O3. The van der Waals surface area contributed by atoms with Gasteiger partial charge in [-0.3, -0.25) is 0 Å². The molecule has 0 aromatic rings. The van der Waals surface area contributed by atoms with Gasteiger partial charge in [0.05, 0.1) is 12.2 Å². The lowest BCUT2D eigenvalue weighted by Crippen LogP contribution is -2.21. The molecule has 0 bridgehead atoms. The van der Waals surface area contributed by atoms with Gasteiger partial charge in [0.1, 0.15) is 0 Å². The molecule has 0 radical (unpaired) electrons. The van der Waals surface area contributed by atoms with Gasteiger partial charge in [0.15, 0.2) is 0 Å². The van der Waals surface area contributed by atoms with Crippen LogP contribution in [0.15, 0.2) is 0 Å². The zero-order valence-corrected chi connectivity index (χ0v) is 9.95. The van der Waals surface area contributed by atoms with Crippen molar-refractivity contribution in [2.45, 2.75) is 51.2 Å². The Bertz CT molecular complexity index is 155. The Morgan fingerprint density at radius 3 is 2.87 bits per heavy atom. The standard InChI is InChI=1S/C12H24O3/c1-10(7-9-14-2)12(13)6-5-11-4-3-8-15-11/h10-13H,3-9H2,1-2H3. The van der Waals surface area contributed by atoms with Gasteiger partial charge in [-0.05, 0) is 38.0 Å². The Morgan fingerprint density at radius 2 is 2.27 bits per heavy atom. The maximum Gasteiger partial charge on any atom is 0.0577 e. The van der Waals surface area contributed by atoms with Gasteiger partial charge in [-0.25, -0.2) is 0 Å². The number of aliphatic hydroxyl groups excluding tert-OH is 1. The van der Waals surface area contributed by atoms with Crippen LogP contribution >= 0.6 is 0 Å². The van der Waals surface area contributed by atoms with Crippen LogP contribution in [0.3, 0.4) is 0 Å². The fraction of sp³-hybridized carbons (Fsp3) is 1.00. The summed E-state index contributed by atoms with van der Waals surface area (Å²) in [7, 11) is 1.70. The second kappa shape index (κ2) is 7.20. The largest absolute Gasteiger partial charge is 0.393 e. The normalized spacial score (nSPS) is 25.4. The second-order valence-electron chi connectivity index (χ2n) is 4.54. The van der Waals surface area contributed by atoms with E-state index >= 15 is 0 Å². The van der Waals surface area contributed by atoms with Crippen LogP contribution in [0.25, 0.3) is 0 Å². The molecule has 0 aliphatic carbocycles. The summed E-state index contributed by atoms with van der Waals surface area (Å²) in [6.07, 6.45) is 5.33. The van der Waals surface area contributed by atoms with Crippen molar-refractivity contribution in [3.05, 3.63) is 0 Å². The first-order chi connectivity index (χ1) is 7.24. The SMILES string of the molecule is COCCC(C)C(O)CCC1CCCO1. The lowest BCUT2D eigenvalue weighted by atomic mass is 9.96. The molecule has 3 heteroatoms. The van der Waals surface area contributed by atoms with E-state index in [0.29, 0.717) is 12.0 Å². The molecule has 0 spiro atoms. The maximum atomic E-state index is 9.89. The van der Waals surface area contributed by atoms with Crippen molar-refractivity contribution in [2.75, 3.05) is 20.3 Å². The molecule has 0 aromatic heterocycles. The Labute approximate surface area is 92.8 Å².